The zero-order valence-electron chi connectivity index (χ0n) is 14.4. The van der Waals surface area contributed by atoms with E-state index in [-0.39, 0.29) is 5.92 Å². The van der Waals surface area contributed by atoms with Crippen LogP contribution in [-0.2, 0) is 4.79 Å². The molecule has 6 heteroatoms. The van der Waals surface area contributed by atoms with Gasteiger partial charge >= 0.3 is 13.1 Å². The van der Waals surface area contributed by atoms with Crippen LogP contribution in [-0.4, -0.2) is 52.8 Å². The summed E-state index contributed by atoms with van der Waals surface area (Å²) in [7, 11) is -1.29. The highest BCUT2D eigenvalue weighted by Gasteiger charge is 2.29. The molecule has 23 heavy (non-hydrogen) atoms. The molecule has 1 aliphatic carbocycles. The van der Waals surface area contributed by atoms with Gasteiger partial charge in [0, 0.05) is 12.1 Å². The summed E-state index contributed by atoms with van der Waals surface area (Å²) in [5, 5.41) is 27.5. The van der Waals surface area contributed by atoms with Gasteiger partial charge in [-0.2, -0.15) is 0 Å². The van der Waals surface area contributed by atoms with Crippen LogP contribution in [0.15, 0.2) is 11.1 Å². The summed E-state index contributed by atoms with van der Waals surface area (Å²) in [6.07, 6.45) is 5.69. The van der Waals surface area contributed by atoms with Gasteiger partial charge in [0.2, 0.25) is 0 Å². The van der Waals surface area contributed by atoms with Crippen molar-refractivity contribution in [2.75, 3.05) is 19.6 Å². The lowest BCUT2D eigenvalue weighted by atomic mass is 9.75. The Morgan fingerprint density at radius 3 is 2.52 bits per heavy atom. The fraction of sp³-hybridized carbons (Fsp3) is 0.824. The second-order valence-electron chi connectivity index (χ2n) is 7.99. The maximum absolute atomic E-state index is 11.6. The van der Waals surface area contributed by atoms with E-state index in [1.165, 1.54) is 12.8 Å². The molecule has 0 unspecified atom stereocenters. The Bertz CT molecular complexity index is 452. The Balaban J connectivity index is 1.95. The van der Waals surface area contributed by atoms with Crippen molar-refractivity contribution in [3.05, 3.63) is 11.1 Å². The molecular weight excluding hydrogens is 293 g/mol. The molecular formula is C17H30BNO4. The number of rotatable bonds is 6. The van der Waals surface area contributed by atoms with Gasteiger partial charge < -0.3 is 15.2 Å². The summed E-state index contributed by atoms with van der Waals surface area (Å²) in [5.74, 6) is -0.543. The third-order valence-corrected chi connectivity index (χ3v) is 5.49. The van der Waals surface area contributed by atoms with E-state index in [2.05, 4.69) is 18.7 Å². The fourth-order valence-electron chi connectivity index (χ4n) is 3.69. The number of likely N-dealkylation sites (tertiary alicyclic amines) is 1. The van der Waals surface area contributed by atoms with Crippen LogP contribution >= 0.6 is 0 Å². The average Bonchev–Trinajstić information content (AvgIpc) is 2.48. The number of carboxylic acid groups (broad SMARTS) is 1. The molecule has 2 rings (SSSR count). The highest BCUT2D eigenvalue weighted by molar-refractivity contribution is 6.40. The summed E-state index contributed by atoms with van der Waals surface area (Å²) >= 11 is 0. The van der Waals surface area contributed by atoms with Crippen LogP contribution in [0.2, 0.25) is 6.32 Å². The molecule has 0 saturated carbocycles. The van der Waals surface area contributed by atoms with Gasteiger partial charge in [-0.3, -0.25) is 4.90 Å². The van der Waals surface area contributed by atoms with Crippen LogP contribution in [0, 0.1) is 11.3 Å². The number of aliphatic carboxylic acids is 1. The van der Waals surface area contributed by atoms with Gasteiger partial charge in [0.05, 0.1) is 0 Å². The highest BCUT2D eigenvalue weighted by atomic mass is 16.4. The molecule has 0 aromatic rings. The van der Waals surface area contributed by atoms with Crippen LogP contribution in [0.4, 0.5) is 0 Å². The van der Waals surface area contributed by atoms with Crippen molar-refractivity contribution in [2.45, 2.75) is 58.7 Å². The van der Waals surface area contributed by atoms with Gasteiger partial charge in [0.25, 0.3) is 0 Å². The summed E-state index contributed by atoms with van der Waals surface area (Å²) < 4.78 is 0. The molecule has 0 bridgehead atoms. The minimum Gasteiger partial charge on any atom is -0.478 e. The molecule has 0 aromatic heterocycles. The first-order valence-electron chi connectivity index (χ1n) is 8.79. The SMILES string of the molecule is CC1(C)CCN(CC2=C(C(=O)O)C[C@H](CCB(O)O)CC2)CC1. The van der Waals surface area contributed by atoms with Crippen molar-refractivity contribution in [3.8, 4) is 0 Å². The normalized spacial score (nSPS) is 25.5. The van der Waals surface area contributed by atoms with Crippen molar-refractivity contribution < 1.29 is 19.9 Å². The second kappa shape index (κ2) is 7.82. The van der Waals surface area contributed by atoms with Gasteiger partial charge in [-0.15, -0.1) is 0 Å². The summed E-state index contributed by atoms with van der Waals surface area (Å²) in [5.41, 5.74) is 2.06. The molecule has 0 amide bonds. The molecule has 0 spiro atoms. The van der Waals surface area contributed by atoms with E-state index >= 15 is 0 Å². The molecule has 0 aromatic carbocycles. The second-order valence-corrected chi connectivity index (χ2v) is 7.99. The molecule has 1 saturated heterocycles. The van der Waals surface area contributed by atoms with E-state index in [0.29, 0.717) is 30.1 Å². The number of carbonyl (C=O) groups is 1. The third-order valence-electron chi connectivity index (χ3n) is 5.49. The number of hydrogen-bond donors (Lipinski definition) is 3. The number of nitrogens with zero attached hydrogens (tertiary/aromatic N) is 1. The third kappa shape index (κ3) is 5.62. The van der Waals surface area contributed by atoms with E-state index in [4.69, 9.17) is 10.0 Å². The maximum Gasteiger partial charge on any atom is 0.451 e. The molecule has 130 valence electrons. The average molecular weight is 323 g/mol. The molecule has 1 heterocycles. The van der Waals surface area contributed by atoms with E-state index in [1.54, 1.807) is 0 Å². The Labute approximate surface area is 139 Å². The highest BCUT2D eigenvalue weighted by Crippen LogP contribution is 2.35. The quantitative estimate of drug-likeness (QED) is 0.653. The Morgan fingerprint density at radius 2 is 1.96 bits per heavy atom. The van der Waals surface area contributed by atoms with Crippen LogP contribution in [0.5, 0.6) is 0 Å². The summed E-state index contributed by atoms with van der Waals surface area (Å²) in [6.45, 7) is 7.47. The number of carboxylic acids is 1. The van der Waals surface area contributed by atoms with Crippen LogP contribution < -0.4 is 0 Å². The first kappa shape index (κ1) is 18.5. The zero-order chi connectivity index (χ0) is 17.0. The van der Waals surface area contributed by atoms with Gasteiger partial charge in [-0.25, -0.2) is 4.79 Å². The Morgan fingerprint density at radius 1 is 1.30 bits per heavy atom. The molecule has 3 N–H and O–H groups in total. The van der Waals surface area contributed by atoms with E-state index in [0.717, 1.165) is 38.0 Å². The van der Waals surface area contributed by atoms with Crippen molar-refractivity contribution in [3.63, 3.8) is 0 Å². The Hall–Kier alpha value is -0.845. The predicted molar refractivity (Wildman–Crippen MR) is 91.1 cm³/mol. The fourth-order valence-corrected chi connectivity index (χ4v) is 3.69. The topological polar surface area (TPSA) is 81.0 Å². The Kier molecular flexibility index (Phi) is 6.29. The molecule has 1 fully saturated rings. The van der Waals surface area contributed by atoms with Crippen LogP contribution in [0.1, 0.15) is 52.4 Å². The molecule has 1 atom stereocenters. The zero-order valence-corrected chi connectivity index (χ0v) is 14.4. The summed E-state index contributed by atoms with van der Waals surface area (Å²) in [4.78, 5) is 14.0. The van der Waals surface area contributed by atoms with Gasteiger partial charge in [-0.1, -0.05) is 20.3 Å². The van der Waals surface area contributed by atoms with Crippen LogP contribution in [0.25, 0.3) is 0 Å². The first-order valence-corrected chi connectivity index (χ1v) is 8.79. The lowest BCUT2D eigenvalue weighted by Crippen LogP contribution is -2.39. The van der Waals surface area contributed by atoms with Crippen molar-refractivity contribution in [1.29, 1.82) is 0 Å². The molecule has 5 nitrogen and oxygen atoms in total. The number of piperidine rings is 1. The van der Waals surface area contributed by atoms with Gasteiger partial charge in [0.15, 0.2) is 0 Å². The van der Waals surface area contributed by atoms with Crippen LogP contribution in [0.3, 0.4) is 0 Å². The van der Waals surface area contributed by atoms with Crippen molar-refractivity contribution in [1.82, 2.24) is 4.90 Å². The summed E-state index contributed by atoms with van der Waals surface area (Å²) in [6, 6.07) is 0. The largest absolute Gasteiger partial charge is 0.478 e. The number of hydrogen-bond acceptors (Lipinski definition) is 4. The van der Waals surface area contributed by atoms with Gasteiger partial charge in [-0.05, 0) is 68.4 Å². The predicted octanol–water partition coefficient (Wildman–Crippen LogP) is 2.15. The first-order chi connectivity index (χ1) is 10.8. The monoisotopic (exact) mass is 323 g/mol. The standard InChI is InChI=1S/C17H30BNO4/c1-17(2)6-9-19(10-7-17)12-14-4-3-13(5-8-18(22)23)11-15(14)16(20)21/h13,22-23H,3-12H2,1-2H3,(H,20,21)/t13-/m0/s1. The lowest BCUT2D eigenvalue weighted by Gasteiger charge is -2.38. The minimum atomic E-state index is -1.29. The van der Waals surface area contributed by atoms with E-state index in [9.17, 15) is 9.90 Å². The molecule has 0 radical (unpaired) electrons. The molecule has 2 aliphatic rings. The smallest absolute Gasteiger partial charge is 0.451 e. The minimum absolute atomic E-state index is 0.256. The van der Waals surface area contributed by atoms with E-state index in [1.807, 2.05) is 0 Å². The van der Waals surface area contributed by atoms with Gasteiger partial charge in [0.1, 0.15) is 0 Å². The lowest BCUT2D eigenvalue weighted by molar-refractivity contribution is -0.133. The maximum atomic E-state index is 11.6. The van der Waals surface area contributed by atoms with E-state index < -0.39 is 13.1 Å². The van der Waals surface area contributed by atoms with Crippen molar-refractivity contribution in [2.24, 2.45) is 11.3 Å². The molecule has 1 aliphatic heterocycles. The van der Waals surface area contributed by atoms with Crippen molar-refractivity contribution >= 4 is 13.1 Å².